The molecule has 0 spiro atoms. The number of aryl methyl sites for hydroxylation is 1. The molecule has 2 aromatic carbocycles. The van der Waals surface area contributed by atoms with Crippen molar-refractivity contribution in [1.29, 1.82) is 0 Å². The minimum absolute atomic E-state index is 0.129. The highest BCUT2D eigenvalue weighted by Gasteiger charge is 2.21. The maximum atomic E-state index is 14.6. The monoisotopic (exact) mass is 427 g/mol. The van der Waals surface area contributed by atoms with Crippen LogP contribution in [0.1, 0.15) is 36.3 Å². The Morgan fingerprint density at radius 3 is 2.58 bits per heavy atom. The predicted molar refractivity (Wildman–Crippen MR) is 112 cm³/mol. The molecule has 1 atom stereocenters. The van der Waals surface area contributed by atoms with Crippen molar-refractivity contribution in [3.8, 4) is 16.9 Å². The van der Waals surface area contributed by atoms with E-state index in [0.717, 1.165) is 17.2 Å². The van der Waals surface area contributed by atoms with Gasteiger partial charge in [0.25, 0.3) is 6.43 Å². The maximum absolute atomic E-state index is 14.6. The zero-order valence-electron chi connectivity index (χ0n) is 17.1. The number of hydrogen-bond donors (Lipinski definition) is 2. The zero-order chi connectivity index (χ0) is 22.1. The molecule has 1 unspecified atom stereocenters. The topological polar surface area (TPSA) is 75.7 Å². The van der Waals surface area contributed by atoms with Gasteiger partial charge in [-0.3, -0.25) is 5.10 Å². The fourth-order valence-electron chi connectivity index (χ4n) is 3.53. The standard InChI is InChI=1S/C22H20F3N5O/c1-11(14-5-4-6-15(20(14)23)21(24)25)28-22-17-8-19(31-3)16(13-9-26-27-10-13)7-18(17)29-12(2)30-22/h4-11,21H,1-3H3,(H,26,27)(H,28,29,30). The highest BCUT2D eigenvalue weighted by Crippen LogP contribution is 2.36. The van der Waals surface area contributed by atoms with Crippen LogP contribution in [0.15, 0.2) is 42.7 Å². The molecule has 2 heterocycles. The van der Waals surface area contributed by atoms with Crippen LogP contribution in [0, 0.1) is 12.7 Å². The molecule has 6 nitrogen and oxygen atoms in total. The van der Waals surface area contributed by atoms with E-state index in [4.69, 9.17) is 4.74 Å². The summed E-state index contributed by atoms with van der Waals surface area (Å²) in [6.07, 6.45) is 0.537. The third-order valence-corrected chi connectivity index (χ3v) is 5.05. The molecule has 160 valence electrons. The van der Waals surface area contributed by atoms with Gasteiger partial charge in [-0.05, 0) is 26.0 Å². The van der Waals surface area contributed by atoms with Gasteiger partial charge in [0.05, 0.1) is 30.4 Å². The Hall–Kier alpha value is -3.62. The van der Waals surface area contributed by atoms with Crippen molar-refractivity contribution in [2.24, 2.45) is 0 Å². The molecule has 0 aliphatic rings. The molecule has 0 saturated heterocycles. The Morgan fingerprint density at radius 2 is 1.90 bits per heavy atom. The maximum Gasteiger partial charge on any atom is 0.266 e. The Kier molecular flexibility index (Phi) is 5.50. The van der Waals surface area contributed by atoms with Gasteiger partial charge in [-0.15, -0.1) is 0 Å². The second-order valence-electron chi connectivity index (χ2n) is 7.09. The van der Waals surface area contributed by atoms with E-state index in [9.17, 15) is 13.2 Å². The lowest BCUT2D eigenvalue weighted by Gasteiger charge is -2.19. The van der Waals surface area contributed by atoms with E-state index in [0.29, 0.717) is 28.3 Å². The van der Waals surface area contributed by atoms with Gasteiger partial charge in [0, 0.05) is 28.3 Å². The van der Waals surface area contributed by atoms with Gasteiger partial charge in [0.2, 0.25) is 0 Å². The highest BCUT2D eigenvalue weighted by molar-refractivity contribution is 5.94. The lowest BCUT2D eigenvalue weighted by Crippen LogP contribution is -2.12. The molecule has 9 heteroatoms. The molecule has 0 aliphatic heterocycles. The number of nitrogens with one attached hydrogen (secondary N) is 2. The third-order valence-electron chi connectivity index (χ3n) is 5.05. The van der Waals surface area contributed by atoms with Gasteiger partial charge in [0.15, 0.2) is 0 Å². The van der Waals surface area contributed by atoms with Gasteiger partial charge in [-0.2, -0.15) is 5.10 Å². The molecule has 4 rings (SSSR count). The lowest BCUT2D eigenvalue weighted by atomic mass is 10.0. The molecule has 0 radical (unpaired) electrons. The molecular weight excluding hydrogens is 407 g/mol. The van der Waals surface area contributed by atoms with E-state index < -0.39 is 23.8 Å². The van der Waals surface area contributed by atoms with Crippen LogP contribution >= 0.6 is 0 Å². The Balaban J connectivity index is 1.79. The molecule has 0 amide bonds. The average molecular weight is 427 g/mol. The van der Waals surface area contributed by atoms with E-state index >= 15 is 0 Å². The molecule has 0 bridgehead atoms. The largest absolute Gasteiger partial charge is 0.496 e. The third kappa shape index (κ3) is 3.90. The van der Waals surface area contributed by atoms with Crippen molar-refractivity contribution >= 4 is 16.7 Å². The Labute approximate surface area is 176 Å². The summed E-state index contributed by atoms with van der Waals surface area (Å²) in [5.41, 5.74) is 1.80. The van der Waals surface area contributed by atoms with Crippen molar-refractivity contribution < 1.29 is 17.9 Å². The van der Waals surface area contributed by atoms with Crippen molar-refractivity contribution in [2.45, 2.75) is 26.3 Å². The van der Waals surface area contributed by atoms with Gasteiger partial charge < -0.3 is 10.1 Å². The molecular formula is C22H20F3N5O. The van der Waals surface area contributed by atoms with Crippen LogP contribution < -0.4 is 10.1 Å². The number of methoxy groups -OCH3 is 1. The number of halogens is 3. The molecule has 0 fully saturated rings. The Bertz CT molecular complexity index is 1230. The number of benzene rings is 2. The van der Waals surface area contributed by atoms with Crippen molar-refractivity contribution in [2.75, 3.05) is 12.4 Å². The van der Waals surface area contributed by atoms with Crippen LogP contribution in [0.5, 0.6) is 5.75 Å². The quantitative estimate of drug-likeness (QED) is 0.420. The number of fused-ring (bicyclic) bond motifs is 1. The summed E-state index contributed by atoms with van der Waals surface area (Å²) in [5, 5.41) is 10.6. The van der Waals surface area contributed by atoms with Gasteiger partial charge >= 0.3 is 0 Å². The van der Waals surface area contributed by atoms with Gasteiger partial charge in [-0.1, -0.05) is 18.2 Å². The second-order valence-corrected chi connectivity index (χ2v) is 7.09. The van der Waals surface area contributed by atoms with Crippen LogP contribution in [0.25, 0.3) is 22.0 Å². The minimum Gasteiger partial charge on any atom is -0.496 e. The van der Waals surface area contributed by atoms with Gasteiger partial charge in [0.1, 0.15) is 23.2 Å². The van der Waals surface area contributed by atoms with Crippen LogP contribution in [0.2, 0.25) is 0 Å². The molecule has 0 saturated carbocycles. The Morgan fingerprint density at radius 1 is 1.13 bits per heavy atom. The number of nitrogens with zero attached hydrogens (tertiary/aromatic N) is 3. The first-order valence-electron chi connectivity index (χ1n) is 9.57. The summed E-state index contributed by atoms with van der Waals surface area (Å²) in [7, 11) is 1.56. The predicted octanol–water partition coefficient (Wildman–Crippen LogP) is 5.59. The number of hydrogen-bond acceptors (Lipinski definition) is 5. The fourth-order valence-corrected chi connectivity index (χ4v) is 3.53. The summed E-state index contributed by atoms with van der Waals surface area (Å²) >= 11 is 0. The molecule has 2 aromatic heterocycles. The highest BCUT2D eigenvalue weighted by atomic mass is 19.3. The fraction of sp³-hybridized carbons (Fsp3) is 0.227. The first-order chi connectivity index (χ1) is 14.9. The number of rotatable bonds is 6. The van der Waals surface area contributed by atoms with Crippen molar-refractivity contribution in [3.63, 3.8) is 0 Å². The SMILES string of the molecule is COc1cc2c(NC(C)c3cccc(C(F)F)c3F)nc(C)nc2cc1-c1cn[nH]c1. The van der Waals surface area contributed by atoms with Crippen LogP contribution in [0.3, 0.4) is 0 Å². The average Bonchev–Trinajstić information content (AvgIpc) is 3.27. The van der Waals surface area contributed by atoms with Crippen LogP contribution in [-0.4, -0.2) is 27.3 Å². The number of anilines is 1. The number of ether oxygens (including phenoxy) is 1. The van der Waals surface area contributed by atoms with E-state index in [1.807, 2.05) is 6.07 Å². The van der Waals surface area contributed by atoms with E-state index in [-0.39, 0.29) is 5.56 Å². The summed E-state index contributed by atoms with van der Waals surface area (Å²) in [6, 6.07) is 7.02. The molecule has 4 aromatic rings. The summed E-state index contributed by atoms with van der Waals surface area (Å²) in [4.78, 5) is 8.96. The number of aromatic amines is 1. The second kappa shape index (κ2) is 8.25. The minimum atomic E-state index is -2.89. The molecule has 2 N–H and O–H groups in total. The smallest absolute Gasteiger partial charge is 0.266 e. The number of H-pyrrole nitrogens is 1. The summed E-state index contributed by atoms with van der Waals surface area (Å²) < 4.78 is 46.4. The van der Waals surface area contributed by atoms with Crippen molar-refractivity contribution in [1.82, 2.24) is 20.2 Å². The van der Waals surface area contributed by atoms with E-state index in [1.165, 1.54) is 12.1 Å². The zero-order valence-corrected chi connectivity index (χ0v) is 17.1. The first kappa shape index (κ1) is 20.6. The number of aromatic nitrogens is 4. The van der Waals surface area contributed by atoms with Crippen LogP contribution in [0.4, 0.5) is 19.0 Å². The van der Waals surface area contributed by atoms with Gasteiger partial charge in [-0.25, -0.2) is 23.1 Å². The molecule has 0 aliphatic carbocycles. The van der Waals surface area contributed by atoms with E-state index in [1.54, 1.807) is 39.4 Å². The van der Waals surface area contributed by atoms with Crippen molar-refractivity contribution in [3.05, 3.63) is 65.5 Å². The van der Waals surface area contributed by atoms with E-state index in [2.05, 4.69) is 25.5 Å². The first-order valence-corrected chi connectivity index (χ1v) is 9.57. The summed E-state index contributed by atoms with van der Waals surface area (Å²) in [5.74, 6) is 0.622. The number of alkyl halides is 2. The normalized spacial score (nSPS) is 12.4. The van der Waals surface area contributed by atoms with Crippen LogP contribution in [-0.2, 0) is 0 Å². The lowest BCUT2D eigenvalue weighted by molar-refractivity contribution is 0.146. The summed E-state index contributed by atoms with van der Waals surface area (Å²) in [6.45, 7) is 3.43. The molecule has 31 heavy (non-hydrogen) atoms.